The summed E-state index contributed by atoms with van der Waals surface area (Å²) in [7, 11) is 2.00. The van der Waals surface area contributed by atoms with Crippen LogP contribution < -0.4 is 5.32 Å². The molecule has 2 rings (SSSR count). The Morgan fingerprint density at radius 2 is 2.12 bits per heavy atom. The van der Waals surface area contributed by atoms with Gasteiger partial charge in [0.2, 0.25) is 0 Å². The molecular formula is C12H22N2O2. The van der Waals surface area contributed by atoms with Gasteiger partial charge in [0.05, 0.1) is 6.61 Å². The zero-order valence-corrected chi connectivity index (χ0v) is 10.1. The van der Waals surface area contributed by atoms with E-state index in [-0.39, 0.29) is 12.0 Å². The van der Waals surface area contributed by atoms with Gasteiger partial charge < -0.3 is 10.1 Å². The number of nitrogens with one attached hydrogen (secondary N) is 1. The first-order valence-electron chi connectivity index (χ1n) is 6.36. The Morgan fingerprint density at radius 1 is 1.38 bits per heavy atom. The average Bonchev–Trinajstić information content (AvgIpc) is 2.74. The fraction of sp³-hybridized carbons (Fsp3) is 0.917. The summed E-state index contributed by atoms with van der Waals surface area (Å²) in [4.78, 5) is 13.8. The van der Waals surface area contributed by atoms with E-state index in [0.29, 0.717) is 6.61 Å². The van der Waals surface area contributed by atoms with E-state index >= 15 is 0 Å². The van der Waals surface area contributed by atoms with E-state index in [9.17, 15) is 4.79 Å². The summed E-state index contributed by atoms with van der Waals surface area (Å²) in [6.07, 6.45) is 4.61. The molecule has 2 aliphatic heterocycles. The van der Waals surface area contributed by atoms with Gasteiger partial charge in [0.25, 0.3) is 0 Å². The number of carbonyl (C=O) groups is 1. The number of nitrogens with zero attached hydrogens (tertiary/aromatic N) is 1. The largest absolute Gasteiger partial charge is 0.464 e. The number of carbonyl (C=O) groups excluding carboxylic acids is 1. The van der Waals surface area contributed by atoms with Gasteiger partial charge in [-0.15, -0.1) is 0 Å². The standard InChI is InChI=1S/C12H22N2O2/c1-13-6-2-10-3-7-14(8-4-10)11-5-9-16-12(11)15/h10-11,13H,2-9H2,1H3. The SMILES string of the molecule is CNCCC1CCN(C2CCOC2=O)CC1. The molecule has 2 heterocycles. The van der Waals surface area contributed by atoms with Crippen molar-refractivity contribution in [2.45, 2.75) is 31.7 Å². The maximum atomic E-state index is 11.5. The molecule has 0 saturated carbocycles. The fourth-order valence-electron chi connectivity index (χ4n) is 2.72. The van der Waals surface area contributed by atoms with E-state index in [1.165, 1.54) is 19.3 Å². The Morgan fingerprint density at radius 3 is 2.69 bits per heavy atom. The number of esters is 1. The van der Waals surface area contributed by atoms with Crippen molar-refractivity contribution in [1.29, 1.82) is 0 Å². The normalized spacial score (nSPS) is 28.3. The highest BCUT2D eigenvalue weighted by Gasteiger charge is 2.34. The van der Waals surface area contributed by atoms with Gasteiger partial charge in [0, 0.05) is 6.42 Å². The lowest BCUT2D eigenvalue weighted by molar-refractivity contribution is -0.142. The third kappa shape index (κ3) is 2.74. The third-order valence-electron chi connectivity index (χ3n) is 3.80. The van der Waals surface area contributed by atoms with E-state index in [1.807, 2.05) is 7.05 Å². The molecule has 4 heteroatoms. The Hall–Kier alpha value is -0.610. The molecule has 16 heavy (non-hydrogen) atoms. The zero-order valence-electron chi connectivity index (χ0n) is 10.1. The molecule has 0 radical (unpaired) electrons. The molecule has 4 nitrogen and oxygen atoms in total. The van der Waals surface area contributed by atoms with Gasteiger partial charge in [0.1, 0.15) is 6.04 Å². The zero-order chi connectivity index (χ0) is 11.4. The molecule has 2 fully saturated rings. The summed E-state index contributed by atoms with van der Waals surface area (Å²) in [5.41, 5.74) is 0. The van der Waals surface area contributed by atoms with Gasteiger partial charge in [-0.05, 0) is 51.9 Å². The fourth-order valence-corrected chi connectivity index (χ4v) is 2.72. The summed E-state index contributed by atoms with van der Waals surface area (Å²) in [5.74, 6) is 0.829. The van der Waals surface area contributed by atoms with Crippen LogP contribution in [0.25, 0.3) is 0 Å². The molecule has 0 aromatic heterocycles. The van der Waals surface area contributed by atoms with Crippen LogP contribution in [0.1, 0.15) is 25.7 Å². The monoisotopic (exact) mass is 226 g/mol. The maximum Gasteiger partial charge on any atom is 0.323 e. The van der Waals surface area contributed by atoms with Crippen molar-refractivity contribution in [2.24, 2.45) is 5.92 Å². The maximum absolute atomic E-state index is 11.5. The molecule has 0 spiro atoms. The third-order valence-corrected chi connectivity index (χ3v) is 3.80. The molecule has 0 bridgehead atoms. The Labute approximate surface area is 97.3 Å². The molecule has 2 aliphatic rings. The highest BCUT2D eigenvalue weighted by molar-refractivity contribution is 5.77. The lowest BCUT2D eigenvalue weighted by Gasteiger charge is -2.34. The van der Waals surface area contributed by atoms with Crippen LogP contribution in [0.2, 0.25) is 0 Å². The minimum Gasteiger partial charge on any atom is -0.464 e. The number of cyclic esters (lactones) is 1. The van der Waals surface area contributed by atoms with E-state index in [1.54, 1.807) is 0 Å². The van der Waals surface area contributed by atoms with E-state index in [0.717, 1.165) is 32.0 Å². The van der Waals surface area contributed by atoms with E-state index in [2.05, 4.69) is 10.2 Å². The summed E-state index contributed by atoms with van der Waals surface area (Å²) in [5, 5.41) is 3.20. The first-order chi connectivity index (χ1) is 7.81. The van der Waals surface area contributed by atoms with Crippen LogP contribution in [-0.2, 0) is 9.53 Å². The predicted octanol–water partition coefficient (Wildman–Crippen LogP) is 0.623. The number of ether oxygens (including phenoxy) is 1. The van der Waals surface area contributed by atoms with Crippen LogP contribution >= 0.6 is 0 Å². The van der Waals surface area contributed by atoms with Gasteiger partial charge in [-0.2, -0.15) is 0 Å². The molecule has 0 aromatic carbocycles. The molecule has 92 valence electrons. The predicted molar refractivity (Wildman–Crippen MR) is 62.2 cm³/mol. The van der Waals surface area contributed by atoms with Crippen molar-refractivity contribution < 1.29 is 9.53 Å². The van der Waals surface area contributed by atoms with Crippen molar-refractivity contribution in [2.75, 3.05) is 33.3 Å². The van der Waals surface area contributed by atoms with Crippen LogP contribution in [0.4, 0.5) is 0 Å². The summed E-state index contributed by atoms with van der Waals surface area (Å²) in [6, 6.07) is 0.0604. The second kappa shape index (κ2) is 5.64. The van der Waals surface area contributed by atoms with Crippen LogP contribution in [0.5, 0.6) is 0 Å². The minimum absolute atomic E-state index is 0.00586. The Balaban J connectivity index is 1.74. The lowest BCUT2D eigenvalue weighted by atomic mass is 9.92. The van der Waals surface area contributed by atoms with Gasteiger partial charge in [0.15, 0.2) is 0 Å². The summed E-state index contributed by atoms with van der Waals surface area (Å²) < 4.78 is 5.02. The highest BCUT2D eigenvalue weighted by atomic mass is 16.5. The van der Waals surface area contributed by atoms with E-state index < -0.39 is 0 Å². The first-order valence-corrected chi connectivity index (χ1v) is 6.36. The second-order valence-corrected chi connectivity index (χ2v) is 4.84. The molecule has 0 aliphatic carbocycles. The molecule has 2 saturated heterocycles. The number of likely N-dealkylation sites (tertiary alicyclic amines) is 1. The summed E-state index contributed by atoms with van der Waals surface area (Å²) >= 11 is 0. The number of piperidine rings is 1. The molecule has 0 amide bonds. The van der Waals surface area contributed by atoms with Crippen molar-refractivity contribution in [3.63, 3.8) is 0 Å². The van der Waals surface area contributed by atoms with Gasteiger partial charge >= 0.3 is 5.97 Å². The van der Waals surface area contributed by atoms with Gasteiger partial charge in [-0.3, -0.25) is 9.69 Å². The average molecular weight is 226 g/mol. The quantitative estimate of drug-likeness (QED) is 0.714. The van der Waals surface area contributed by atoms with Crippen LogP contribution in [0, 0.1) is 5.92 Å². The van der Waals surface area contributed by atoms with E-state index in [4.69, 9.17) is 4.74 Å². The topological polar surface area (TPSA) is 41.6 Å². The molecule has 1 atom stereocenters. The Bertz CT molecular complexity index is 237. The lowest BCUT2D eigenvalue weighted by Crippen LogP contribution is -2.43. The van der Waals surface area contributed by atoms with Gasteiger partial charge in [-0.25, -0.2) is 0 Å². The van der Waals surface area contributed by atoms with Crippen molar-refractivity contribution in [3.05, 3.63) is 0 Å². The van der Waals surface area contributed by atoms with Crippen molar-refractivity contribution in [1.82, 2.24) is 10.2 Å². The molecule has 1 N–H and O–H groups in total. The molecular weight excluding hydrogens is 204 g/mol. The van der Waals surface area contributed by atoms with Crippen LogP contribution in [-0.4, -0.2) is 50.2 Å². The van der Waals surface area contributed by atoms with Crippen molar-refractivity contribution >= 4 is 5.97 Å². The van der Waals surface area contributed by atoms with Crippen LogP contribution in [0.3, 0.4) is 0 Å². The second-order valence-electron chi connectivity index (χ2n) is 4.84. The first kappa shape index (κ1) is 11.9. The number of hydrogen-bond donors (Lipinski definition) is 1. The highest BCUT2D eigenvalue weighted by Crippen LogP contribution is 2.24. The van der Waals surface area contributed by atoms with Gasteiger partial charge in [-0.1, -0.05) is 0 Å². The Kier molecular flexibility index (Phi) is 4.18. The smallest absolute Gasteiger partial charge is 0.323 e. The van der Waals surface area contributed by atoms with Crippen molar-refractivity contribution in [3.8, 4) is 0 Å². The summed E-state index contributed by atoms with van der Waals surface area (Å²) in [6.45, 7) is 3.85. The molecule has 1 unspecified atom stereocenters. The number of hydrogen-bond acceptors (Lipinski definition) is 4. The van der Waals surface area contributed by atoms with Crippen LogP contribution in [0.15, 0.2) is 0 Å². The number of rotatable bonds is 4. The minimum atomic E-state index is -0.00586. The molecule has 0 aromatic rings.